The third kappa shape index (κ3) is 2.38. The molecule has 0 aliphatic carbocycles. The van der Waals surface area contributed by atoms with Gasteiger partial charge in [-0.25, -0.2) is 4.79 Å². The molecule has 0 aromatic rings. The first kappa shape index (κ1) is 8.33. The third-order valence-corrected chi connectivity index (χ3v) is 1.82. The lowest BCUT2D eigenvalue weighted by atomic mass is 10.4. The normalized spacial score (nSPS) is 18.1. The van der Waals surface area contributed by atoms with Gasteiger partial charge < -0.3 is 15.5 Å². The molecule has 0 bridgehead atoms. The summed E-state index contributed by atoms with van der Waals surface area (Å²) >= 11 is 0. The van der Waals surface area contributed by atoms with Gasteiger partial charge in [0.15, 0.2) is 0 Å². The van der Waals surface area contributed by atoms with Crippen molar-refractivity contribution >= 4 is 6.03 Å². The monoisotopic (exact) mass is 158 g/mol. The van der Waals surface area contributed by atoms with Crippen molar-refractivity contribution in [1.82, 2.24) is 10.2 Å². The Bertz CT molecular complexity index is 132. The third-order valence-electron chi connectivity index (χ3n) is 1.82. The Morgan fingerprint density at radius 1 is 1.55 bits per heavy atom. The number of carbonyl (C=O) groups excluding carboxylic acids is 1. The Morgan fingerprint density at radius 2 is 2.18 bits per heavy atom. The number of urea groups is 1. The van der Waals surface area contributed by atoms with Crippen LogP contribution in [-0.2, 0) is 0 Å². The molecule has 0 spiro atoms. The van der Waals surface area contributed by atoms with Crippen LogP contribution in [0.25, 0.3) is 0 Å². The van der Waals surface area contributed by atoms with E-state index in [2.05, 4.69) is 10.6 Å². The fraction of sp³-hybridized carbons (Fsp3) is 0.857. The maximum Gasteiger partial charge on any atom is 0.317 e. The van der Waals surface area contributed by atoms with E-state index in [9.17, 15) is 4.79 Å². The molecule has 0 atom stereocenters. The fourth-order valence-electron chi connectivity index (χ4n) is 1.22. The summed E-state index contributed by atoms with van der Waals surface area (Å²) < 4.78 is 0. The van der Waals surface area contributed by atoms with Gasteiger partial charge in [-0.15, -0.1) is 0 Å². The average molecular weight is 158 g/mol. The molecule has 0 aromatic heterocycles. The van der Waals surface area contributed by atoms with Crippen LogP contribution in [0.5, 0.6) is 0 Å². The summed E-state index contributed by atoms with van der Waals surface area (Å²) in [6.45, 7) is 6.50. The van der Waals surface area contributed by atoms with Crippen LogP contribution in [0, 0.1) is 0 Å². The number of nitrogens with zero attached hydrogens (tertiary/aromatic N) is 1. The highest BCUT2D eigenvalue weighted by Crippen LogP contribution is 1.88. The molecule has 1 aliphatic rings. The Kier molecular flexibility index (Phi) is 3.16. The predicted molar refractivity (Wildman–Crippen MR) is 42.3 cm³/mol. The van der Waals surface area contributed by atoms with E-state index in [-0.39, 0.29) is 6.03 Å². The molecule has 0 unspecified atom stereocenters. The lowest BCUT2D eigenvalue weighted by Gasteiger charge is -2.24. The molecule has 1 saturated heterocycles. The van der Waals surface area contributed by atoms with E-state index in [0.29, 0.717) is 0 Å². The van der Waals surface area contributed by atoms with Crippen molar-refractivity contribution in [2.24, 2.45) is 0 Å². The second kappa shape index (κ2) is 4.18. The number of rotatable bonds is 1. The summed E-state index contributed by atoms with van der Waals surface area (Å²) in [5.41, 5.74) is 0. The van der Waals surface area contributed by atoms with Crippen molar-refractivity contribution in [1.29, 1.82) is 0 Å². The molecule has 0 saturated carbocycles. The summed E-state index contributed by atoms with van der Waals surface area (Å²) in [6, 6.07) is 0.0839. The van der Waals surface area contributed by atoms with Crippen molar-refractivity contribution in [2.45, 2.75) is 6.92 Å². The van der Waals surface area contributed by atoms with E-state index in [1.54, 1.807) is 0 Å². The molecule has 2 amide bonds. The number of carbonyl (C=O) groups is 1. The van der Waals surface area contributed by atoms with Crippen LogP contribution in [0.2, 0.25) is 0 Å². The Hall–Kier alpha value is -0.770. The summed E-state index contributed by atoms with van der Waals surface area (Å²) in [7, 11) is 0. The molecule has 1 rings (SSSR count). The van der Waals surface area contributed by atoms with Crippen LogP contribution >= 0.6 is 0 Å². The van der Waals surface area contributed by atoms with Crippen molar-refractivity contribution in [3.05, 3.63) is 0 Å². The summed E-state index contributed by atoms with van der Waals surface area (Å²) in [5.74, 6) is 0. The Labute approximate surface area is 66.9 Å². The van der Waals surface area contributed by atoms with Crippen LogP contribution in [0.3, 0.4) is 0 Å². The molecule has 1 aliphatic heterocycles. The van der Waals surface area contributed by atoms with Gasteiger partial charge in [0.2, 0.25) is 0 Å². The first-order valence-electron chi connectivity index (χ1n) is 4.19. The van der Waals surface area contributed by atoms with Crippen molar-refractivity contribution < 1.29 is 10.1 Å². The second-order valence-corrected chi connectivity index (χ2v) is 2.69. The van der Waals surface area contributed by atoms with Gasteiger partial charge in [0.1, 0.15) is 0 Å². The van der Waals surface area contributed by atoms with E-state index >= 15 is 0 Å². The summed E-state index contributed by atoms with van der Waals surface area (Å²) in [5, 5.41) is 5.02. The van der Waals surface area contributed by atoms with Gasteiger partial charge in [-0.1, -0.05) is 0 Å². The number of amides is 2. The molecule has 11 heavy (non-hydrogen) atoms. The molecular weight excluding hydrogens is 142 g/mol. The molecule has 0 radical (unpaired) electrons. The van der Waals surface area contributed by atoms with Crippen LogP contribution in [0.15, 0.2) is 0 Å². The maximum absolute atomic E-state index is 11.2. The summed E-state index contributed by atoms with van der Waals surface area (Å²) in [6.07, 6.45) is 0. The van der Waals surface area contributed by atoms with Crippen molar-refractivity contribution in [3.63, 3.8) is 0 Å². The number of nitrogens with one attached hydrogen (secondary N) is 1. The lowest BCUT2D eigenvalue weighted by molar-refractivity contribution is -0.661. The number of piperazine rings is 1. The van der Waals surface area contributed by atoms with E-state index in [0.717, 1.165) is 32.7 Å². The molecule has 64 valence electrons. The van der Waals surface area contributed by atoms with Crippen LogP contribution < -0.4 is 10.6 Å². The predicted octanol–water partition coefficient (Wildman–Crippen LogP) is -1.41. The molecule has 4 nitrogen and oxygen atoms in total. The summed E-state index contributed by atoms with van der Waals surface area (Å²) in [4.78, 5) is 13.1. The second-order valence-electron chi connectivity index (χ2n) is 2.69. The first-order chi connectivity index (χ1) is 5.34. The van der Waals surface area contributed by atoms with E-state index in [1.807, 2.05) is 11.8 Å². The van der Waals surface area contributed by atoms with Gasteiger partial charge in [-0.2, -0.15) is 0 Å². The average Bonchev–Trinajstić information content (AvgIpc) is 2.07. The Morgan fingerprint density at radius 3 is 2.73 bits per heavy atom. The molecular formula is C7H16N3O+. The van der Waals surface area contributed by atoms with Gasteiger partial charge >= 0.3 is 6.03 Å². The van der Waals surface area contributed by atoms with Crippen LogP contribution in [0.1, 0.15) is 6.92 Å². The quantitative estimate of drug-likeness (QED) is 0.484. The number of hydrogen-bond donors (Lipinski definition) is 2. The molecule has 4 heteroatoms. The molecule has 3 N–H and O–H groups in total. The van der Waals surface area contributed by atoms with Crippen molar-refractivity contribution in [3.8, 4) is 0 Å². The smallest absolute Gasteiger partial charge is 0.317 e. The zero-order valence-corrected chi connectivity index (χ0v) is 6.97. The minimum absolute atomic E-state index is 0.0839. The number of hydrogen-bond acceptors (Lipinski definition) is 1. The van der Waals surface area contributed by atoms with E-state index in [1.165, 1.54) is 0 Å². The number of nitrogens with two attached hydrogens (primary N) is 1. The first-order valence-corrected chi connectivity index (χ1v) is 4.19. The van der Waals surface area contributed by atoms with Crippen molar-refractivity contribution in [2.75, 3.05) is 32.7 Å². The largest absolute Gasteiger partial charge is 0.343 e. The standard InChI is InChI=1S/C7H15N3O/c1-2-9-7(11)10-5-3-8-4-6-10/h8H,2-6H2,1H3,(H,9,11)/p+1. The van der Waals surface area contributed by atoms with E-state index < -0.39 is 0 Å². The van der Waals surface area contributed by atoms with Gasteiger partial charge in [0, 0.05) is 6.54 Å². The van der Waals surface area contributed by atoms with Gasteiger partial charge in [-0.3, -0.25) is 0 Å². The Balaban J connectivity index is 2.27. The fourth-order valence-corrected chi connectivity index (χ4v) is 1.22. The van der Waals surface area contributed by atoms with Gasteiger partial charge in [0.25, 0.3) is 0 Å². The highest BCUT2D eigenvalue weighted by atomic mass is 16.2. The zero-order chi connectivity index (χ0) is 8.10. The topological polar surface area (TPSA) is 49.0 Å². The molecule has 1 heterocycles. The maximum atomic E-state index is 11.2. The minimum Gasteiger partial charge on any atom is -0.343 e. The zero-order valence-electron chi connectivity index (χ0n) is 6.97. The molecule has 0 aromatic carbocycles. The highest BCUT2D eigenvalue weighted by Gasteiger charge is 2.16. The van der Waals surface area contributed by atoms with Crippen LogP contribution in [0.4, 0.5) is 4.79 Å². The van der Waals surface area contributed by atoms with Crippen LogP contribution in [-0.4, -0.2) is 43.7 Å². The highest BCUT2D eigenvalue weighted by molar-refractivity contribution is 5.74. The minimum atomic E-state index is 0.0839. The number of quaternary nitrogens is 1. The van der Waals surface area contributed by atoms with Gasteiger partial charge in [-0.05, 0) is 6.92 Å². The lowest BCUT2D eigenvalue weighted by Crippen LogP contribution is -2.90. The van der Waals surface area contributed by atoms with Gasteiger partial charge in [0.05, 0.1) is 26.2 Å². The van der Waals surface area contributed by atoms with E-state index in [4.69, 9.17) is 0 Å². The SMILES string of the molecule is CCNC(=O)N1CC[NH2+]CC1. The molecule has 1 fully saturated rings.